The Balaban J connectivity index is 3.13. The first-order valence-electron chi connectivity index (χ1n) is 4.83. The molecule has 1 aromatic rings. The molecule has 0 spiro atoms. The SMILES string of the molecule is CCCn1ncc(OC)c1C(C)(C)O. The van der Waals surface area contributed by atoms with Gasteiger partial charge in [-0.3, -0.25) is 4.68 Å². The smallest absolute Gasteiger partial charge is 0.162 e. The zero-order chi connectivity index (χ0) is 10.8. The van der Waals surface area contributed by atoms with E-state index >= 15 is 0 Å². The predicted molar refractivity (Wildman–Crippen MR) is 54.3 cm³/mol. The third-order valence-electron chi connectivity index (χ3n) is 2.04. The average Bonchev–Trinajstić information content (AvgIpc) is 2.47. The second kappa shape index (κ2) is 4.00. The fraction of sp³-hybridized carbons (Fsp3) is 0.700. The summed E-state index contributed by atoms with van der Waals surface area (Å²) in [5.74, 6) is 0.644. The Bertz CT molecular complexity index is 300. The van der Waals surface area contributed by atoms with Gasteiger partial charge in [0.1, 0.15) is 11.3 Å². The van der Waals surface area contributed by atoms with Gasteiger partial charge in [0.25, 0.3) is 0 Å². The van der Waals surface area contributed by atoms with Crippen LogP contribution in [0, 0.1) is 0 Å². The number of aliphatic hydroxyl groups is 1. The van der Waals surface area contributed by atoms with E-state index in [9.17, 15) is 5.11 Å². The molecule has 4 nitrogen and oxygen atoms in total. The van der Waals surface area contributed by atoms with Crippen molar-refractivity contribution in [2.24, 2.45) is 0 Å². The quantitative estimate of drug-likeness (QED) is 0.798. The van der Waals surface area contributed by atoms with Crippen LogP contribution in [0.5, 0.6) is 5.75 Å². The number of ether oxygens (including phenoxy) is 1. The largest absolute Gasteiger partial charge is 0.493 e. The molecule has 0 aliphatic rings. The number of rotatable bonds is 4. The van der Waals surface area contributed by atoms with Gasteiger partial charge >= 0.3 is 0 Å². The zero-order valence-electron chi connectivity index (χ0n) is 9.24. The maximum atomic E-state index is 9.96. The summed E-state index contributed by atoms with van der Waals surface area (Å²) in [6.45, 7) is 6.34. The minimum absolute atomic E-state index is 0.644. The fourth-order valence-electron chi connectivity index (χ4n) is 1.52. The molecule has 0 aliphatic carbocycles. The number of aryl methyl sites for hydroxylation is 1. The van der Waals surface area contributed by atoms with Gasteiger partial charge in [-0.15, -0.1) is 0 Å². The topological polar surface area (TPSA) is 47.3 Å². The van der Waals surface area contributed by atoms with Crippen LogP contribution in [0.2, 0.25) is 0 Å². The van der Waals surface area contributed by atoms with Crippen molar-refractivity contribution in [3.63, 3.8) is 0 Å². The summed E-state index contributed by atoms with van der Waals surface area (Å²) < 4.78 is 6.95. The molecule has 1 aromatic heterocycles. The molecule has 0 amide bonds. The summed E-state index contributed by atoms with van der Waals surface area (Å²) in [5, 5.41) is 14.1. The predicted octanol–water partition coefficient (Wildman–Crippen LogP) is 1.53. The normalized spacial score (nSPS) is 11.8. The standard InChI is InChI=1S/C10H18N2O2/c1-5-6-12-9(10(2,3)13)8(14-4)7-11-12/h7,13H,5-6H2,1-4H3. The van der Waals surface area contributed by atoms with E-state index in [0.717, 1.165) is 18.7 Å². The van der Waals surface area contributed by atoms with Gasteiger partial charge in [0.15, 0.2) is 5.75 Å². The molecule has 0 saturated heterocycles. The molecule has 0 aromatic carbocycles. The molecule has 1 heterocycles. The number of nitrogens with zero attached hydrogens (tertiary/aromatic N) is 2. The third kappa shape index (κ3) is 2.07. The van der Waals surface area contributed by atoms with Crippen molar-refractivity contribution in [1.29, 1.82) is 0 Å². The highest BCUT2D eigenvalue weighted by molar-refractivity contribution is 5.29. The highest BCUT2D eigenvalue weighted by Crippen LogP contribution is 2.29. The molecule has 1 N–H and O–H groups in total. The van der Waals surface area contributed by atoms with Gasteiger partial charge in [0, 0.05) is 6.54 Å². The highest BCUT2D eigenvalue weighted by atomic mass is 16.5. The van der Waals surface area contributed by atoms with E-state index in [1.54, 1.807) is 31.8 Å². The second-order valence-corrected chi connectivity index (χ2v) is 3.84. The van der Waals surface area contributed by atoms with Gasteiger partial charge in [-0.1, -0.05) is 6.92 Å². The van der Waals surface area contributed by atoms with Gasteiger partial charge in [-0.25, -0.2) is 0 Å². The van der Waals surface area contributed by atoms with Crippen molar-refractivity contribution < 1.29 is 9.84 Å². The Hall–Kier alpha value is -1.03. The molecule has 0 fully saturated rings. The first-order valence-corrected chi connectivity index (χ1v) is 4.83. The fourth-order valence-corrected chi connectivity index (χ4v) is 1.52. The molecule has 0 atom stereocenters. The summed E-state index contributed by atoms with van der Waals surface area (Å²) in [6.07, 6.45) is 2.62. The van der Waals surface area contributed by atoms with Crippen LogP contribution >= 0.6 is 0 Å². The van der Waals surface area contributed by atoms with Crippen LogP contribution in [-0.4, -0.2) is 22.0 Å². The number of methoxy groups -OCH3 is 1. The molecule has 0 aliphatic heterocycles. The Morgan fingerprint density at radius 2 is 2.21 bits per heavy atom. The first kappa shape index (κ1) is 11.0. The van der Waals surface area contributed by atoms with E-state index in [1.807, 2.05) is 0 Å². The van der Waals surface area contributed by atoms with Crippen molar-refractivity contribution in [1.82, 2.24) is 9.78 Å². The third-order valence-corrected chi connectivity index (χ3v) is 2.04. The van der Waals surface area contributed by atoms with E-state index < -0.39 is 5.60 Å². The molecule has 4 heteroatoms. The van der Waals surface area contributed by atoms with Gasteiger partial charge in [-0.2, -0.15) is 5.10 Å². The highest BCUT2D eigenvalue weighted by Gasteiger charge is 2.26. The minimum Gasteiger partial charge on any atom is -0.493 e. The van der Waals surface area contributed by atoms with Gasteiger partial charge in [0.2, 0.25) is 0 Å². The molecule has 0 unspecified atom stereocenters. The lowest BCUT2D eigenvalue weighted by Crippen LogP contribution is -2.22. The Morgan fingerprint density at radius 1 is 1.57 bits per heavy atom. The summed E-state index contributed by atoms with van der Waals surface area (Å²) in [4.78, 5) is 0. The van der Waals surface area contributed by atoms with Crippen molar-refractivity contribution in [2.45, 2.75) is 39.3 Å². The Labute approximate surface area is 84.5 Å². The van der Waals surface area contributed by atoms with Crippen molar-refractivity contribution in [2.75, 3.05) is 7.11 Å². The number of hydrogen-bond donors (Lipinski definition) is 1. The van der Waals surface area contributed by atoms with Crippen LogP contribution in [0.15, 0.2) is 6.20 Å². The summed E-state index contributed by atoms with van der Waals surface area (Å²) in [7, 11) is 1.59. The monoisotopic (exact) mass is 198 g/mol. The average molecular weight is 198 g/mol. The number of hydrogen-bond acceptors (Lipinski definition) is 3. The Kier molecular flexibility index (Phi) is 3.16. The summed E-state index contributed by atoms with van der Waals surface area (Å²) in [6, 6.07) is 0. The molecular weight excluding hydrogens is 180 g/mol. The van der Waals surface area contributed by atoms with E-state index in [2.05, 4.69) is 12.0 Å². The van der Waals surface area contributed by atoms with Gasteiger partial charge in [-0.05, 0) is 20.3 Å². The molecule has 1 rings (SSSR count). The molecule has 0 radical (unpaired) electrons. The molecule has 80 valence electrons. The van der Waals surface area contributed by atoms with E-state index in [1.165, 1.54) is 0 Å². The van der Waals surface area contributed by atoms with Gasteiger partial charge in [0.05, 0.1) is 13.3 Å². The van der Waals surface area contributed by atoms with Crippen LogP contribution in [-0.2, 0) is 12.1 Å². The van der Waals surface area contributed by atoms with E-state index in [4.69, 9.17) is 4.74 Å². The van der Waals surface area contributed by atoms with E-state index in [-0.39, 0.29) is 0 Å². The molecule has 0 bridgehead atoms. The molecular formula is C10H18N2O2. The van der Waals surface area contributed by atoms with Crippen molar-refractivity contribution >= 4 is 0 Å². The maximum absolute atomic E-state index is 9.96. The lowest BCUT2D eigenvalue weighted by Gasteiger charge is -2.20. The first-order chi connectivity index (χ1) is 6.50. The summed E-state index contributed by atoms with van der Waals surface area (Å²) in [5.41, 5.74) is -0.182. The Morgan fingerprint density at radius 3 is 2.64 bits per heavy atom. The van der Waals surface area contributed by atoms with Crippen LogP contribution in [0.25, 0.3) is 0 Å². The van der Waals surface area contributed by atoms with E-state index in [0.29, 0.717) is 5.75 Å². The molecule has 0 saturated carbocycles. The van der Waals surface area contributed by atoms with Crippen LogP contribution < -0.4 is 4.74 Å². The number of aromatic nitrogens is 2. The van der Waals surface area contributed by atoms with Crippen LogP contribution in [0.4, 0.5) is 0 Å². The lowest BCUT2D eigenvalue weighted by atomic mass is 10.0. The maximum Gasteiger partial charge on any atom is 0.162 e. The van der Waals surface area contributed by atoms with Crippen LogP contribution in [0.1, 0.15) is 32.9 Å². The zero-order valence-corrected chi connectivity index (χ0v) is 9.24. The van der Waals surface area contributed by atoms with Crippen LogP contribution in [0.3, 0.4) is 0 Å². The van der Waals surface area contributed by atoms with Gasteiger partial charge < -0.3 is 9.84 Å². The van der Waals surface area contributed by atoms with Crippen molar-refractivity contribution in [3.05, 3.63) is 11.9 Å². The minimum atomic E-state index is -0.920. The van der Waals surface area contributed by atoms with Crippen molar-refractivity contribution in [3.8, 4) is 5.75 Å². The summed E-state index contributed by atoms with van der Waals surface area (Å²) >= 11 is 0. The lowest BCUT2D eigenvalue weighted by molar-refractivity contribution is 0.0653. The second-order valence-electron chi connectivity index (χ2n) is 3.84. The molecule has 14 heavy (non-hydrogen) atoms.